The van der Waals surface area contributed by atoms with Crippen LogP contribution in [0.15, 0.2) is 12.3 Å². The maximum Gasteiger partial charge on any atom is 0.304 e. The van der Waals surface area contributed by atoms with Crippen LogP contribution in [0.5, 0.6) is 0 Å². The molecule has 6 nitrogen and oxygen atoms in total. The second-order valence-electron chi connectivity index (χ2n) is 10.2. The average molecular weight is 390 g/mol. The van der Waals surface area contributed by atoms with E-state index in [9.17, 15) is 4.79 Å². The van der Waals surface area contributed by atoms with E-state index in [1.807, 2.05) is 0 Å². The lowest BCUT2D eigenvalue weighted by Gasteiger charge is -2.67. The minimum absolute atomic E-state index is 0.0282. The Morgan fingerprint density at radius 1 is 1.25 bits per heavy atom. The number of hydrogen-bond acceptors (Lipinski definition) is 6. The molecule has 28 heavy (non-hydrogen) atoms. The third kappa shape index (κ3) is 2.02. The predicted molar refractivity (Wildman–Crippen MR) is 97.8 cm³/mol. The predicted octanol–water partition coefficient (Wildman–Crippen LogP) is 3.15. The van der Waals surface area contributed by atoms with Gasteiger partial charge in [-0.2, -0.15) is 0 Å². The molecule has 2 saturated carbocycles. The summed E-state index contributed by atoms with van der Waals surface area (Å²) < 4.78 is 30.4. The molecule has 0 amide bonds. The highest BCUT2D eigenvalue weighted by atomic mass is 16.7. The van der Waals surface area contributed by atoms with Crippen molar-refractivity contribution in [2.45, 2.75) is 83.3 Å². The van der Waals surface area contributed by atoms with E-state index in [0.29, 0.717) is 17.8 Å². The number of rotatable bonds is 2. The highest BCUT2D eigenvalue weighted by Gasteiger charge is 2.79. The fraction of sp³-hybridized carbons (Fsp3) is 0.864. The lowest BCUT2D eigenvalue weighted by atomic mass is 9.41. The van der Waals surface area contributed by atoms with Crippen LogP contribution in [0.3, 0.4) is 0 Å². The number of carbonyl (C=O) groups excluding carboxylic acids is 1. The monoisotopic (exact) mass is 390 g/mol. The summed E-state index contributed by atoms with van der Waals surface area (Å²) in [7, 11) is 0. The molecule has 5 heterocycles. The lowest BCUT2D eigenvalue weighted by Crippen LogP contribution is -2.72. The van der Waals surface area contributed by atoms with Crippen molar-refractivity contribution in [3.8, 4) is 0 Å². The molecule has 154 valence electrons. The molecule has 0 radical (unpaired) electrons. The van der Waals surface area contributed by atoms with Gasteiger partial charge in [0, 0.05) is 24.7 Å². The Bertz CT molecular complexity index is 731. The van der Waals surface area contributed by atoms with E-state index < -0.39 is 6.29 Å². The smallest absolute Gasteiger partial charge is 0.304 e. The van der Waals surface area contributed by atoms with Crippen molar-refractivity contribution >= 4 is 5.97 Å². The summed E-state index contributed by atoms with van der Waals surface area (Å²) in [6.45, 7) is 7.01. The first-order valence-electron chi connectivity index (χ1n) is 10.8. The number of fused-ring (bicyclic) bond motifs is 2. The maximum atomic E-state index is 11.9. The van der Waals surface area contributed by atoms with E-state index in [1.165, 1.54) is 6.92 Å². The van der Waals surface area contributed by atoms with Crippen LogP contribution in [0.2, 0.25) is 0 Å². The van der Waals surface area contributed by atoms with Crippen LogP contribution < -0.4 is 0 Å². The van der Waals surface area contributed by atoms with Gasteiger partial charge in [0.15, 0.2) is 0 Å². The zero-order chi connectivity index (χ0) is 19.3. The Morgan fingerprint density at radius 3 is 2.79 bits per heavy atom. The SMILES string of the molecule is CC(=O)O[C@H]1O[C@@H]2C[C@@H]3[C@@](C)([C@@H]4C[C@H]5C=CO[C@@H]5O4)[C@H](C)CC[C@]13[C@@]1(CO1)C2. The summed E-state index contributed by atoms with van der Waals surface area (Å²) in [5.41, 5.74) is -0.489. The molecule has 0 aromatic heterocycles. The van der Waals surface area contributed by atoms with Gasteiger partial charge in [0.25, 0.3) is 0 Å². The topological polar surface area (TPSA) is 66.5 Å². The number of esters is 1. The van der Waals surface area contributed by atoms with Gasteiger partial charge < -0.3 is 23.7 Å². The first kappa shape index (κ1) is 17.7. The van der Waals surface area contributed by atoms with Crippen molar-refractivity contribution in [2.75, 3.05) is 6.61 Å². The van der Waals surface area contributed by atoms with E-state index in [2.05, 4.69) is 19.9 Å². The standard InChI is InChI=1S/C22H30O6/c1-12-4-6-22-16(20(12,3)17-8-14-5-7-24-18(14)28-17)9-15(10-21(22)11-25-21)27-19(22)26-13(2)23/h5,7,12,14-19H,4,6,8-11H2,1-3H3/t12-,14-,15-,16-,17+,18-,19+,20+,21+,22-/m1/s1. The van der Waals surface area contributed by atoms with Crippen LogP contribution in [0.1, 0.15) is 52.9 Å². The minimum Gasteiger partial charge on any atom is -0.472 e. The van der Waals surface area contributed by atoms with Gasteiger partial charge in [0.05, 0.1) is 30.5 Å². The molecule has 4 saturated heterocycles. The Balaban J connectivity index is 1.42. The van der Waals surface area contributed by atoms with Gasteiger partial charge in [-0.15, -0.1) is 0 Å². The largest absolute Gasteiger partial charge is 0.472 e. The number of carbonyl (C=O) groups is 1. The molecule has 0 aromatic carbocycles. The van der Waals surface area contributed by atoms with E-state index in [1.54, 1.807) is 6.26 Å². The minimum atomic E-state index is -0.506. The molecule has 2 bridgehead atoms. The summed E-state index contributed by atoms with van der Waals surface area (Å²) in [4.78, 5) is 11.9. The fourth-order valence-electron chi connectivity index (χ4n) is 7.55. The summed E-state index contributed by atoms with van der Waals surface area (Å²) in [6.07, 6.45) is 8.45. The molecular weight excluding hydrogens is 360 g/mol. The lowest BCUT2D eigenvalue weighted by molar-refractivity contribution is -0.352. The first-order valence-corrected chi connectivity index (χ1v) is 10.8. The van der Waals surface area contributed by atoms with Crippen molar-refractivity contribution in [3.63, 3.8) is 0 Å². The molecule has 7 rings (SSSR count). The number of ether oxygens (including phenoxy) is 5. The third-order valence-corrected chi connectivity index (χ3v) is 9.20. The van der Waals surface area contributed by atoms with Crippen molar-refractivity contribution in [1.29, 1.82) is 0 Å². The number of epoxide rings is 1. The second kappa shape index (κ2) is 5.52. The zero-order valence-corrected chi connectivity index (χ0v) is 16.9. The summed E-state index contributed by atoms with van der Waals surface area (Å²) in [6, 6.07) is 0. The molecule has 2 spiro atoms. The summed E-state index contributed by atoms with van der Waals surface area (Å²) in [5.74, 6) is 0.936. The van der Waals surface area contributed by atoms with Crippen LogP contribution in [0.4, 0.5) is 0 Å². The normalized spacial score (nSPS) is 58.3. The molecule has 6 heteroatoms. The van der Waals surface area contributed by atoms with Crippen LogP contribution in [0, 0.1) is 28.6 Å². The Morgan fingerprint density at radius 2 is 2.07 bits per heavy atom. The maximum absolute atomic E-state index is 11.9. The fourth-order valence-corrected chi connectivity index (χ4v) is 7.55. The van der Waals surface area contributed by atoms with Gasteiger partial charge in [-0.05, 0) is 43.6 Å². The molecule has 0 N–H and O–H groups in total. The van der Waals surface area contributed by atoms with Crippen molar-refractivity contribution in [3.05, 3.63) is 12.3 Å². The molecular formula is C22H30O6. The second-order valence-corrected chi connectivity index (χ2v) is 10.2. The Labute approximate surface area is 165 Å². The van der Waals surface area contributed by atoms with E-state index in [4.69, 9.17) is 23.7 Å². The molecule has 10 atom stereocenters. The highest BCUT2D eigenvalue weighted by Crippen LogP contribution is 2.73. The number of hydrogen-bond donors (Lipinski definition) is 0. The van der Waals surface area contributed by atoms with Crippen molar-refractivity contribution in [2.24, 2.45) is 28.6 Å². The van der Waals surface area contributed by atoms with Gasteiger partial charge in [0.1, 0.15) is 5.60 Å². The highest BCUT2D eigenvalue weighted by molar-refractivity contribution is 5.66. The van der Waals surface area contributed by atoms with E-state index in [-0.39, 0.29) is 40.9 Å². The molecule has 2 aliphatic carbocycles. The van der Waals surface area contributed by atoms with Crippen LogP contribution in [-0.2, 0) is 28.5 Å². The third-order valence-electron chi connectivity index (χ3n) is 9.20. The quantitative estimate of drug-likeness (QED) is 0.533. The first-order chi connectivity index (χ1) is 13.4. The van der Waals surface area contributed by atoms with Gasteiger partial charge in [-0.25, -0.2) is 0 Å². The molecule has 5 aliphatic heterocycles. The Hall–Kier alpha value is -1.11. The van der Waals surface area contributed by atoms with E-state index >= 15 is 0 Å². The van der Waals surface area contributed by atoms with Gasteiger partial charge >= 0.3 is 5.97 Å². The van der Waals surface area contributed by atoms with E-state index in [0.717, 1.165) is 38.7 Å². The Kier molecular flexibility index (Phi) is 3.50. The van der Waals surface area contributed by atoms with Gasteiger partial charge in [0.2, 0.25) is 12.6 Å². The van der Waals surface area contributed by atoms with Crippen molar-refractivity contribution in [1.82, 2.24) is 0 Å². The molecule has 0 aromatic rings. The molecule has 7 aliphatic rings. The zero-order valence-electron chi connectivity index (χ0n) is 16.9. The summed E-state index contributed by atoms with van der Waals surface area (Å²) in [5, 5.41) is 0. The summed E-state index contributed by atoms with van der Waals surface area (Å²) >= 11 is 0. The van der Waals surface area contributed by atoms with Crippen LogP contribution in [-0.4, -0.2) is 43.0 Å². The molecule has 0 unspecified atom stereocenters. The van der Waals surface area contributed by atoms with Crippen molar-refractivity contribution < 1.29 is 28.5 Å². The average Bonchev–Trinajstić information content (AvgIpc) is 3.08. The molecule has 6 fully saturated rings. The van der Waals surface area contributed by atoms with Gasteiger partial charge in [-0.3, -0.25) is 4.79 Å². The van der Waals surface area contributed by atoms with Crippen LogP contribution in [0.25, 0.3) is 0 Å². The van der Waals surface area contributed by atoms with Gasteiger partial charge in [-0.1, -0.05) is 13.8 Å². The van der Waals surface area contributed by atoms with Crippen LogP contribution >= 0.6 is 0 Å².